The summed E-state index contributed by atoms with van der Waals surface area (Å²) in [6, 6.07) is 5.51. The van der Waals surface area contributed by atoms with Crippen LogP contribution in [0, 0.1) is 17.7 Å². The minimum absolute atomic E-state index is 0.0314. The van der Waals surface area contributed by atoms with Crippen LogP contribution in [0.1, 0.15) is 42.5 Å². The van der Waals surface area contributed by atoms with Crippen molar-refractivity contribution in [2.24, 2.45) is 11.8 Å². The summed E-state index contributed by atoms with van der Waals surface area (Å²) in [5.41, 5.74) is 0.499. The highest BCUT2D eigenvalue weighted by Crippen LogP contribution is 2.32. The maximum atomic E-state index is 12.8. The lowest BCUT2D eigenvalue weighted by molar-refractivity contribution is -0.143. The molecule has 0 spiro atoms. The van der Waals surface area contributed by atoms with E-state index in [0.29, 0.717) is 24.8 Å². The molecule has 1 aliphatic rings. The molecule has 0 aromatic heterocycles. The standard InChI is InChI=1S/C15H17FO3/c16-13-6-4-11(5-7-13)14(17)9-10-2-1-3-12(8-10)15(18)19/h4-7,10,12H,1-3,8-9H2,(H,18,19)/t10-,12+/m1/s1. The quantitative estimate of drug-likeness (QED) is 0.849. The van der Waals surface area contributed by atoms with Gasteiger partial charge in [0.25, 0.3) is 0 Å². The van der Waals surface area contributed by atoms with E-state index in [2.05, 4.69) is 0 Å². The maximum Gasteiger partial charge on any atom is 0.306 e. The van der Waals surface area contributed by atoms with Crippen molar-refractivity contribution >= 4 is 11.8 Å². The van der Waals surface area contributed by atoms with Crippen molar-refractivity contribution < 1.29 is 19.1 Å². The molecule has 1 aromatic carbocycles. The Morgan fingerprint density at radius 2 is 1.89 bits per heavy atom. The molecule has 3 nitrogen and oxygen atoms in total. The molecule has 1 aliphatic carbocycles. The zero-order valence-electron chi connectivity index (χ0n) is 10.6. The molecule has 0 heterocycles. The third kappa shape index (κ3) is 3.63. The van der Waals surface area contributed by atoms with E-state index in [1.54, 1.807) is 0 Å². The smallest absolute Gasteiger partial charge is 0.306 e. The molecule has 0 unspecified atom stereocenters. The van der Waals surface area contributed by atoms with Gasteiger partial charge < -0.3 is 5.11 Å². The normalized spacial score (nSPS) is 23.0. The van der Waals surface area contributed by atoms with Crippen LogP contribution < -0.4 is 0 Å². The lowest BCUT2D eigenvalue weighted by atomic mass is 9.78. The average Bonchev–Trinajstić information content (AvgIpc) is 2.39. The lowest BCUT2D eigenvalue weighted by Gasteiger charge is -2.26. The second-order valence-electron chi connectivity index (χ2n) is 5.20. The topological polar surface area (TPSA) is 54.4 Å². The molecule has 1 fully saturated rings. The zero-order chi connectivity index (χ0) is 13.8. The summed E-state index contributed by atoms with van der Waals surface area (Å²) in [4.78, 5) is 23.0. The van der Waals surface area contributed by atoms with E-state index in [-0.39, 0.29) is 23.4 Å². The lowest BCUT2D eigenvalue weighted by Crippen LogP contribution is -2.24. The van der Waals surface area contributed by atoms with Crippen molar-refractivity contribution in [1.82, 2.24) is 0 Å². The van der Waals surface area contributed by atoms with E-state index in [1.807, 2.05) is 0 Å². The highest BCUT2D eigenvalue weighted by Gasteiger charge is 2.28. The van der Waals surface area contributed by atoms with Crippen molar-refractivity contribution in [3.05, 3.63) is 35.6 Å². The minimum atomic E-state index is -0.765. The largest absolute Gasteiger partial charge is 0.481 e. The third-order valence-electron chi connectivity index (χ3n) is 3.77. The van der Waals surface area contributed by atoms with Gasteiger partial charge in [0.2, 0.25) is 0 Å². The molecule has 0 saturated heterocycles. The molecule has 0 radical (unpaired) electrons. The number of benzene rings is 1. The maximum absolute atomic E-state index is 12.8. The number of carboxylic acid groups (broad SMARTS) is 1. The van der Waals surface area contributed by atoms with Crippen molar-refractivity contribution in [3.63, 3.8) is 0 Å². The Labute approximate surface area is 111 Å². The minimum Gasteiger partial charge on any atom is -0.481 e. The SMILES string of the molecule is O=C(C[C@@H]1CCC[C@H](C(=O)O)C1)c1ccc(F)cc1. The first-order chi connectivity index (χ1) is 9.06. The van der Waals surface area contributed by atoms with Gasteiger partial charge in [-0.1, -0.05) is 6.42 Å². The summed E-state index contributed by atoms with van der Waals surface area (Å²) in [7, 11) is 0. The van der Waals surface area contributed by atoms with Crippen LogP contribution in [-0.4, -0.2) is 16.9 Å². The first-order valence-electron chi connectivity index (χ1n) is 6.58. The van der Waals surface area contributed by atoms with Crippen LogP contribution in [0.3, 0.4) is 0 Å². The summed E-state index contributed by atoms with van der Waals surface area (Å²) in [5.74, 6) is -1.35. The number of hydrogen-bond acceptors (Lipinski definition) is 2. The van der Waals surface area contributed by atoms with Crippen LogP contribution in [0.2, 0.25) is 0 Å². The first kappa shape index (κ1) is 13.7. The number of carboxylic acids is 1. The summed E-state index contributed by atoms with van der Waals surface area (Å²) in [6.45, 7) is 0. The van der Waals surface area contributed by atoms with Gasteiger partial charge >= 0.3 is 5.97 Å². The highest BCUT2D eigenvalue weighted by molar-refractivity contribution is 5.96. The van der Waals surface area contributed by atoms with E-state index in [1.165, 1.54) is 24.3 Å². The van der Waals surface area contributed by atoms with Crippen LogP contribution >= 0.6 is 0 Å². The van der Waals surface area contributed by atoms with Gasteiger partial charge in [0.1, 0.15) is 5.82 Å². The summed E-state index contributed by atoms with van der Waals surface area (Å²) < 4.78 is 12.8. The first-order valence-corrected chi connectivity index (χ1v) is 6.58. The molecule has 102 valence electrons. The number of ketones is 1. The second kappa shape index (κ2) is 5.95. The number of halogens is 1. The predicted molar refractivity (Wildman–Crippen MR) is 68.4 cm³/mol. The Morgan fingerprint density at radius 1 is 1.21 bits per heavy atom. The van der Waals surface area contributed by atoms with Gasteiger partial charge in [-0.25, -0.2) is 4.39 Å². The van der Waals surface area contributed by atoms with Gasteiger partial charge in [-0.3, -0.25) is 9.59 Å². The van der Waals surface area contributed by atoms with Crippen molar-refractivity contribution in [3.8, 4) is 0 Å². The molecule has 1 N–H and O–H groups in total. The van der Waals surface area contributed by atoms with Crippen LogP contribution in [0.25, 0.3) is 0 Å². The third-order valence-corrected chi connectivity index (χ3v) is 3.77. The fourth-order valence-corrected chi connectivity index (χ4v) is 2.72. The molecular weight excluding hydrogens is 247 g/mol. The molecule has 0 bridgehead atoms. The Hall–Kier alpha value is -1.71. The molecule has 4 heteroatoms. The molecule has 0 amide bonds. The van der Waals surface area contributed by atoms with Gasteiger partial charge in [-0.2, -0.15) is 0 Å². The molecular formula is C15H17FO3. The summed E-state index contributed by atoms with van der Waals surface area (Å²) in [5, 5.41) is 9.01. The van der Waals surface area contributed by atoms with Gasteiger partial charge in [0.15, 0.2) is 5.78 Å². The van der Waals surface area contributed by atoms with E-state index in [9.17, 15) is 14.0 Å². The Bertz CT molecular complexity index is 467. The number of carbonyl (C=O) groups excluding carboxylic acids is 1. The second-order valence-corrected chi connectivity index (χ2v) is 5.20. The molecule has 1 saturated carbocycles. The van der Waals surface area contributed by atoms with E-state index in [4.69, 9.17) is 5.11 Å². The molecule has 19 heavy (non-hydrogen) atoms. The van der Waals surface area contributed by atoms with Gasteiger partial charge in [-0.15, -0.1) is 0 Å². The molecule has 1 aromatic rings. The van der Waals surface area contributed by atoms with E-state index < -0.39 is 5.97 Å². The molecule has 2 atom stereocenters. The van der Waals surface area contributed by atoms with Crippen molar-refractivity contribution in [2.75, 3.05) is 0 Å². The monoisotopic (exact) mass is 264 g/mol. The Kier molecular flexibility index (Phi) is 4.30. The van der Waals surface area contributed by atoms with Gasteiger partial charge in [-0.05, 0) is 49.4 Å². The number of carbonyl (C=O) groups is 2. The van der Waals surface area contributed by atoms with Crippen molar-refractivity contribution in [1.29, 1.82) is 0 Å². The van der Waals surface area contributed by atoms with Crippen LogP contribution in [0.4, 0.5) is 4.39 Å². The molecule has 0 aliphatic heterocycles. The zero-order valence-corrected chi connectivity index (χ0v) is 10.6. The number of rotatable bonds is 4. The Balaban J connectivity index is 1.95. The van der Waals surface area contributed by atoms with Gasteiger partial charge in [0.05, 0.1) is 5.92 Å². The van der Waals surface area contributed by atoms with Crippen LogP contribution in [0.5, 0.6) is 0 Å². The summed E-state index contributed by atoms with van der Waals surface area (Å²) >= 11 is 0. The fraction of sp³-hybridized carbons (Fsp3) is 0.467. The van der Waals surface area contributed by atoms with Gasteiger partial charge in [0, 0.05) is 12.0 Å². The van der Waals surface area contributed by atoms with Crippen LogP contribution in [-0.2, 0) is 4.79 Å². The average molecular weight is 264 g/mol. The van der Waals surface area contributed by atoms with Crippen LogP contribution in [0.15, 0.2) is 24.3 Å². The van der Waals surface area contributed by atoms with Crippen molar-refractivity contribution in [2.45, 2.75) is 32.1 Å². The van der Waals surface area contributed by atoms with E-state index in [0.717, 1.165) is 12.8 Å². The highest BCUT2D eigenvalue weighted by atomic mass is 19.1. The number of Topliss-reactive ketones (excluding diaryl/α,β-unsaturated/α-hetero) is 1. The number of hydrogen-bond donors (Lipinski definition) is 1. The molecule has 2 rings (SSSR count). The number of aliphatic carboxylic acids is 1. The Morgan fingerprint density at radius 3 is 2.53 bits per heavy atom. The summed E-state index contributed by atoms with van der Waals surface area (Å²) in [6.07, 6.45) is 3.39. The fourth-order valence-electron chi connectivity index (χ4n) is 2.72. The van der Waals surface area contributed by atoms with E-state index >= 15 is 0 Å². The predicted octanol–water partition coefficient (Wildman–Crippen LogP) is 3.29.